The number of nitrogens with zero attached hydrogens (tertiary/aromatic N) is 2. The first-order valence-corrected chi connectivity index (χ1v) is 6.55. The highest BCUT2D eigenvalue weighted by Gasteiger charge is 2.24. The molecular weight excluding hydrogens is 244 g/mol. The molecule has 1 saturated heterocycles. The number of hydrogen-bond acceptors (Lipinski definition) is 4. The van der Waals surface area contributed by atoms with Crippen LogP contribution in [-0.4, -0.2) is 61.0 Å². The van der Waals surface area contributed by atoms with Crippen molar-refractivity contribution in [2.45, 2.75) is 32.7 Å². The molecule has 0 spiro atoms. The maximum atomic E-state index is 11.0. The van der Waals surface area contributed by atoms with E-state index in [1.54, 1.807) is 11.9 Å². The van der Waals surface area contributed by atoms with Crippen molar-refractivity contribution in [1.82, 2.24) is 9.80 Å². The predicted octanol–water partition coefficient (Wildman–Crippen LogP) is 0.496. The van der Waals surface area contributed by atoms with E-state index in [0.29, 0.717) is 19.7 Å². The molecule has 1 aliphatic heterocycles. The minimum Gasteiger partial charge on any atom is -0.464 e. The molecule has 1 atom stereocenters. The van der Waals surface area contributed by atoms with Gasteiger partial charge in [0.05, 0.1) is 13.1 Å². The Labute approximate surface area is 114 Å². The number of likely N-dealkylation sites (tertiary alicyclic amines) is 1. The maximum Gasteiger partial charge on any atom is 0.302 e. The van der Waals surface area contributed by atoms with Gasteiger partial charge in [0.1, 0.15) is 6.61 Å². The van der Waals surface area contributed by atoms with Gasteiger partial charge in [-0.2, -0.15) is 0 Å². The topological polar surface area (TPSA) is 49.9 Å². The first kappa shape index (κ1) is 15.5. The molecule has 0 aromatic carbocycles. The van der Waals surface area contributed by atoms with E-state index in [2.05, 4.69) is 16.7 Å². The zero-order valence-electron chi connectivity index (χ0n) is 11.9. The van der Waals surface area contributed by atoms with E-state index >= 15 is 0 Å². The Morgan fingerprint density at radius 1 is 1.37 bits per heavy atom. The van der Waals surface area contributed by atoms with Gasteiger partial charge in [0, 0.05) is 26.9 Å². The molecule has 5 nitrogen and oxygen atoms in total. The lowest BCUT2D eigenvalue weighted by Gasteiger charge is -2.21. The van der Waals surface area contributed by atoms with Crippen molar-refractivity contribution in [3.63, 3.8) is 0 Å². The molecular formula is C14H22N2O3. The maximum absolute atomic E-state index is 11.0. The van der Waals surface area contributed by atoms with E-state index in [-0.39, 0.29) is 17.9 Å². The van der Waals surface area contributed by atoms with Gasteiger partial charge in [0.15, 0.2) is 0 Å². The van der Waals surface area contributed by atoms with E-state index in [4.69, 9.17) is 4.74 Å². The summed E-state index contributed by atoms with van der Waals surface area (Å²) < 4.78 is 5.05. The molecule has 1 heterocycles. The molecule has 1 rings (SSSR count). The molecule has 0 aliphatic carbocycles. The highest BCUT2D eigenvalue weighted by atomic mass is 16.5. The number of rotatable bonds is 4. The molecule has 1 aliphatic rings. The van der Waals surface area contributed by atoms with Crippen molar-refractivity contribution in [1.29, 1.82) is 0 Å². The van der Waals surface area contributed by atoms with Gasteiger partial charge in [-0.1, -0.05) is 11.8 Å². The Morgan fingerprint density at radius 3 is 2.74 bits per heavy atom. The Kier molecular flexibility index (Phi) is 6.37. The van der Waals surface area contributed by atoms with Crippen LogP contribution in [0.3, 0.4) is 0 Å². The zero-order valence-corrected chi connectivity index (χ0v) is 11.9. The number of ether oxygens (including phenoxy) is 1. The number of amides is 1. The van der Waals surface area contributed by atoms with E-state index in [0.717, 1.165) is 19.4 Å². The first-order valence-electron chi connectivity index (χ1n) is 6.55. The van der Waals surface area contributed by atoms with Crippen molar-refractivity contribution < 1.29 is 14.3 Å². The normalized spacial score (nSPS) is 18.6. The van der Waals surface area contributed by atoms with Gasteiger partial charge in [0.2, 0.25) is 5.91 Å². The molecule has 1 amide bonds. The average Bonchev–Trinajstić information content (AvgIpc) is 2.79. The van der Waals surface area contributed by atoms with Gasteiger partial charge < -0.3 is 9.64 Å². The van der Waals surface area contributed by atoms with Gasteiger partial charge in [-0.25, -0.2) is 0 Å². The van der Waals surface area contributed by atoms with Gasteiger partial charge >= 0.3 is 5.97 Å². The van der Waals surface area contributed by atoms with Crippen molar-refractivity contribution in [3.8, 4) is 11.8 Å². The summed E-state index contributed by atoms with van der Waals surface area (Å²) in [7, 11) is 1.73. The SMILES string of the molecule is CC(=O)OC[C@H]1CCCN1CC#CCN(C)C(C)=O. The summed E-state index contributed by atoms with van der Waals surface area (Å²) in [6, 6.07) is 0.281. The average molecular weight is 266 g/mol. The van der Waals surface area contributed by atoms with Crippen molar-refractivity contribution in [2.24, 2.45) is 0 Å². The molecule has 0 aromatic heterocycles. The second-order valence-electron chi connectivity index (χ2n) is 4.80. The molecule has 0 unspecified atom stereocenters. The van der Waals surface area contributed by atoms with Crippen LogP contribution in [0.4, 0.5) is 0 Å². The molecule has 0 bridgehead atoms. The Bertz CT molecular complexity index is 384. The molecule has 0 radical (unpaired) electrons. The monoisotopic (exact) mass is 266 g/mol. The lowest BCUT2D eigenvalue weighted by molar-refractivity contribution is -0.142. The summed E-state index contributed by atoms with van der Waals surface area (Å²) in [5.74, 6) is 5.84. The van der Waals surface area contributed by atoms with E-state index in [1.165, 1.54) is 13.8 Å². The smallest absolute Gasteiger partial charge is 0.302 e. The summed E-state index contributed by atoms with van der Waals surface area (Å²) >= 11 is 0. The summed E-state index contributed by atoms with van der Waals surface area (Å²) in [5.41, 5.74) is 0. The van der Waals surface area contributed by atoms with Crippen LogP contribution >= 0.6 is 0 Å². The highest BCUT2D eigenvalue weighted by molar-refractivity contribution is 5.73. The third kappa shape index (κ3) is 5.75. The second kappa shape index (κ2) is 7.80. The fourth-order valence-electron chi connectivity index (χ4n) is 1.95. The van der Waals surface area contributed by atoms with E-state index in [1.807, 2.05) is 0 Å². The minimum atomic E-state index is -0.235. The molecule has 0 aromatic rings. The zero-order chi connectivity index (χ0) is 14.3. The highest BCUT2D eigenvalue weighted by Crippen LogP contribution is 2.16. The van der Waals surface area contributed by atoms with Crippen LogP contribution in [0, 0.1) is 11.8 Å². The lowest BCUT2D eigenvalue weighted by Crippen LogP contribution is -2.34. The van der Waals surface area contributed by atoms with Crippen LogP contribution in [0.5, 0.6) is 0 Å². The largest absolute Gasteiger partial charge is 0.464 e. The molecule has 0 saturated carbocycles. The Morgan fingerprint density at radius 2 is 2.11 bits per heavy atom. The number of hydrogen-bond donors (Lipinski definition) is 0. The van der Waals surface area contributed by atoms with Crippen molar-refractivity contribution in [2.75, 3.05) is 33.3 Å². The molecule has 1 fully saturated rings. The Balaban J connectivity index is 2.33. The molecule has 106 valence electrons. The van der Waals surface area contributed by atoms with Crippen LogP contribution in [0.1, 0.15) is 26.7 Å². The van der Waals surface area contributed by atoms with Crippen LogP contribution in [0.15, 0.2) is 0 Å². The number of esters is 1. The van der Waals surface area contributed by atoms with Crippen LogP contribution in [0.25, 0.3) is 0 Å². The third-order valence-electron chi connectivity index (χ3n) is 3.24. The summed E-state index contributed by atoms with van der Waals surface area (Å²) in [6.07, 6.45) is 2.16. The fraction of sp³-hybridized carbons (Fsp3) is 0.714. The van der Waals surface area contributed by atoms with E-state index in [9.17, 15) is 9.59 Å². The summed E-state index contributed by atoms with van der Waals surface area (Å²) in [6.45, 7) is 5.51. The second-order valence-corrected chi connectivity index (χ2v) is 4.80. The van der Waals surface area contributed by atoms with Gasteiger partial charge in [-0.3, -0.25) is 14.5 Å². The standard InChI is InChI=1S/C14H22N2O3/c1-12(17)15(3)8-4-5-9-16-10-6-7-14(16)11-19-13(2)18/h14H,6-11H2,1-3H3/t14-/m1/s1. The van der Waals surface area contributed by atoms with Gasteiger partial charge in [0.25, 0.3) is 0 Å². The fourth-order valence-corrected chi connectivity index (χ4v) is 1.95. The third-order valence-corrected chi connectivity index (χ3v) is 3.24. The quantitative estimate of drug-likeness (QED) is 0.549. The van der Waals surface area contributed by atoms with E-state index < -0.39 is 0 Å². The van der Waals surface area contributed by atoms with Crippen LogP contribution in [0.2, 0.25) is 0 Å². The van der Waals surface area contributed by atoms with Gasteiger partial charge in [-0.15, -0.1) is 0 Å². The first-order chi connectivity index (χ1) is 9.00. The summed E-state index contributed by atoms with van der Waals surface area (Å²) in [4.78, 5) is 25.6. The number of carbonyl (C=O) groups is 2. The van der Waals surface area contributed by atoms with Crippen molar-refractivity contribution >= 4 is 11.9 Å². The summed E-state index contributed by atoms with van der Waals surface area (Å²) in [5, 5.41) is 0. The predicted molar refractivity (Wildman–Crippen MR) is 72.3 cm³/mol. The Hall–Kier alpha value is -1.54. The lowest BCUT2D eigenvalue weighted by atomic mass is 10.2. The molecule has 0 N–H and O–H groups in total. The number of carbonyl (C=O) groups excluding carboxylic acids is 2. The van der Waals surface area contributed by atoms with Gasteiger partial charge in [-0.05, 0) is 19.4 Å². The molecule has 19 heavy (non-hydrogen) atoms. The van der Waals surface area contributed by atoms with Crippen molar-refractivity contribution in [3.05, 3.63) is 0 Å². The van der Waals surface area contributed by atoms with Crippen LogP contribution in [-0.2, 0) is 14.3 Å². The minimum absolute atomic E-state index is 0.0169. The van der Waals surface area contributed by atoms with Crippen LogP contribution < -0.4 is 0 Å². The molecule has 5 heteroatoms.